The van der Waals surface area contributed by atoms with E-state index in [4.69, 9.17) is 0 Å². The van der Waals surface area contributed by atoms with E-state index in [-0.39, 0.29) is 18.6 Å². The molecule has 89 valence electrons. The molecular formula is C18H12V. The Labute approximate surface area is 126 Å². The van der Waals surface area contributed by atoms with E-state index in [1.807, 2.05) is 36.4 Å². The summed E-state index contributed by atoms with van der Waals surface area (Å²) in [5.74, 6) is 0. The Balaban J connectivity index is 0.00000133. The molecule has 3 aromatic carbocycles. The second-order valence-electron chi connectivity index (χ2n) is 4.10. The van der Waals surface area contributed by atoms with Gasteiger partial charge in [0.1, 0.15) is 0 Å². The van der Waals surface area contributed by atoms with E-state index >= 15 is 0 Å². The molecule has 0 fully saturated rings. The molecule has 1 heteroatoms. The first-order chi connectivity index (χ1) is 8.95. The summed E-state index contributed by atoms with van der Waals surface area (Å²) in [7, 11) is 0. The van der Waals surface area contributed by atoms with Crippen LogP contribution < -0.4 is 0 Å². The Kier molecular flexibility index (Phi) is 4.62. The molecule has 0 unspecified atom stereocenters. The van der Waals surface area contributed by atoms with E-state index in [2.05, 4.69) is 48.5 Å². The van der Waals surface area contributed by atoms with Crippen molar-refractivity contribution in [2.75, 3.05) is 0 Å². The largest absolute Gasteiger partial charge is 2.00 e. The summed E-state index contributed by atoms with van der Waals surface area (Å²) in [4.78, 5) is 0. The van der Waals surface area contributed by atoms with Crippen LogP contribution in [0.15, 0.2) is 72.8 Å². The van der Waals surface area contributed by atoms with Crippen molar-refractivity contribution < 1.29 is 18.6 Å². The molecule has 0 heterocycles. The summed E-state index contributed by atoms with van der Waals surface area (Å²) < 4.78 is 0. The van der Waals surface area contributed by atoms with Gasteiger partial charge in [-0.1, -0.05) is 12.1 Å². The smallest absolute Gasteiger partial charge is 0.152 e. The van der Waals surface area contributed by atoms with E-state index in [0.717, 1.165) is 11.1 Å². The van der Waals surface area contributed by atoms with Crippen molar-refractivity contribution in [3.05, 3.63) is 84.9 Å². The van der Waals surface area contributed by atoms with Crippen LogP contribution in [0.4, 0.5) is 0 Å². The molecule has 0 nitrogen and oxygen atoms in total. The van der Waals surface area contributed by atoms with Crippen LogP contribution in [0.5, 0.6) is 0 Å². The van der Waals surface area contributed by atoms with Crippen molar-refractivity contribution in [3.63, 3.8) is 0 Å². The Morgan fingerprint density at radius 1 is 0.526 bits per heavy atom. The second kappa shape index (κ2) is 6.42. The van der Waals surface area contributed by atoms with Gasteiger partial charge in [-0.05, 0) is 0 Å². The first-order valence-electron chi connectivity index (χ1n) is 5.98. The third-order valence-electron chi connectivity index (χ3n) is 2.93. The van der Waals surface area contributed by atoms with Crippen LogP contribution in [0.3, 0.4) is 0 Å². The van der Waals surface area contributed by atoms with Gasteiger partial charge in [0, 0.05) is 0 Å². The molecule has 19 heavy (non-hydrogen) atoms. The van der Waals surface area contributed by atoms with Gasteiger partial charge in [0.2, 0.25) is 0 Å². The van der Waals surface area contributed by atoms with Crippen molar-refractivity contribution in [1.82, 2.24) is 0 Å². The molecule has 1 radical (unpaired) electrons. The maximum atomic E-state index is 3.28. The van der Waals surface area contributed by atoms with Crippen molar-refractivity contribution >= 4 is 0 Å². The van der Waals surface area contributed by atoms with Gasteiger partial charge in [0.15, 0.2) is 0 Å². The van der Waals surface area contributed by atoms with E-state index in [0.29, 0.717) is 0 Å². The molecule has 0 aromatic heterocycles. The molecule has 0 atom stereocenters. The molecule has 0 aliphatic carbocycles. The van der Waals surface area contributed by atoms with Crippen LogP contribution in [0.25, 0.3) is 22.3 Å². The summed E-state index contributed by atoms with van der Waals surface area (Å²) in [6.45, 7) is 0. The zero-order chi connectivity index (χ0) is 12.2. The van der Waals surface area contributed by atoms with Crippen LogP contribution in [0, 0.1) is 12.1 Å². The van der Waals surface area contributed by atoms with Gasteiger partial charge in [-0.3, -0.25) is 0 Å². The minimum atomic E-state index is 0. The molecule has 0 aliphatic rings. The molecule has 3 aromatic rings. The van der Waals surface area contributed by atoms with Gasteiger partial charge in [-0.2, -0.15) is 11.1 Å². The fraction of sp³-hybridized carbons (Fsp3) is 0. The van der Waals surface area contributed by atoms with Gasteiger partial charge >= 0.3 is 18.6 Å². The fourth-order valence-electron chi connectivity index (χ4n) is 2.07. The molecule has 0 amide bonds. The van der Waals surface area contributed by atoms with Gasteiger partial charge in [-0.25, -0.2) is 0 Å². The predicted octanol–water partition coefficient (Wildman–Crippen LogP) is 4.62. The summed E-state index contributed by atoms with van der Waals surface area (Å²) in [5.41, 5.74) is 4.62. The number of hydrogen-bond donors (Lipinski definition) is 0. The average Bonchev–Trinajstić information content (AvgIpc) is 2.49. The molecule has 0 aliphatic heterocycles. The van der Waals surface area contributed by atoms with Gasteiger partial charge < -0.3 is 0 Å². The Bertz CT molecular complexity index is 572. The van der Waals surface area contributed by atoms with Crippen LogP contribution in [0.2, 0.25) is 0 Å². The number of hydrogen-bond acceptors (Lipinski definition) is 0. The summed E-state index contributed by atoms with van der Waals surface area (Å²) in [5, 5.41) is 0. The fourth-order valence-corrected chi connectivity index (χ4v) is 2.07. The normalized spacial score (nSPS) is 9.68. The Morgan fingerprint density at radius 2 is 0.947 bits per heavy atom. The first kappa shape index (κ1) is 13.7. The Morgan fingerprint density at radius 3 is 1.32 bits per heavy atom. The third-order valence-corrected chi connectivity index (χ3v) is 2.93. The van der Waals surface area contributed by atoms with Crippen molar-refractivity contribution in [1.29, 1.82) is 0 Å². The monoisotopic (exact) mass is 279 g/mol. The van der Waals surface area contributed by atoms with Crippen LogP contribution in [0.1, 0.15) is 0 Å². The Hall–Kier alpha value is -1.76. The molecule has 0 saturated carbocycles. The standard InChI is InChI=1S/C18H12.V/c1-3-9-15(10-4-1)17-13-7-8-14-18(17)16-11-5-2-6-12-16;/h1-9,11,13-14H;/q-2;+2. The van der Waals surface area contributed by atoms with Gasteiger partial charge in [0.25, 0.3) is 0 Å². The molecule has 0 saturated heterocycles. The van der Waals surface area contributed by atoms with Crippen LogP contribution in [-0.4, -0.2) is 0 Å². The zero-order valence-electron chi connectivity index (χ0n) is 10.4. The third kappa shape index (κ3) is 2.98. The van der Waals surface area contributed by atoms with Gasteiger partial charge in [-0.15, -0.1) is 83.9 Å². The van der Waals surface area contributed by atoms with E-state index in [9.17, 15) is 0 Å². The molecule has 0 N–H and O–H groups in total. The minimum absolute atomic E-state index is 0. The summed E-state index contributed by atoms with van der Waals surface area (Å²) in [6.07, 6.45) is 0. The van der Waals surface area contributed by atoms with Crippen molar-refractivity contribution in [3.8, 4) is 22.3 Å². The second-order valence-corrected chi connectivity index (χ2v) is 4.10. The zero-order valence-corrected chi connectivity index (χ0v) is 11.8. The average molecular weight is 279 g/mol. The molecule has 3 rings (SSSR count). The maximum Gasteiger partial charge on any atom is 2.00 e. The van der Waals surface area contributed by atoms with Gasteiger partial charge in [0.05, 0.1) is 0 Å². The summed E-state index contributed by atoms with van der Waals surface area (Å²) >= 11 is 0. The summed E-state index contributed by atoms with van der Waals surface area (Å²) in [6, 6.07) is 31.0. The van der Waals surface area contributed by atoms with Crippen molar-refractivity contribution in [2.45, 2.75) is 0 Å². The quantitative estimate of drug-likeness (QED) is 0.600. The van der Waals surface area contributed by atoms with E-state index in [1.165, 1.54) is 11.1 Å². The van der Waals surface area contributed by atoms with E-state index in [1.54, 1.807) is 0 Å². The number of benzene rings is 3. The molecular weight excluding hydrogens is 267 g/mol. The SMILES string of the molecule is [V+2].[c-]1ccccc1-c1ccccc1-c1[c-]cccc1. The van der Waals surface area contributed by atoms with Crippen LogP contribution >= 0.6 is 0 Å². The first-order valence-corrected chi connectivity index (χ1v) is 5.98. The topological polar surface area (TPSA) is 0 Å². The van der Waals surface area contributed by atoms with Crippen LogP contribution in [-0.2, 0) is 18.6 Å². The molecule has 0 spiro atoms. The van der Waals surface area contributed by atoms with Crippen molar-refractivity contribution in [2.24, 2.45) is 0 Å². The van der Waals surface area contributed by atoms with E-state index < -0.39 is 0 Å². The number of rotatable bonds is 2. The maximum absolute atomic E-state index is 3.28. The molecule has 0 bridgehead atoms. The minimum Gasteiger partial charge on any atom is -0.152 e. The predicted molar refractivity (Wildman–Crippen MR) is 75.0 cm³/mol.